The molecule has 1 saturated heterocycles. The highest BCUT2D eigenvalue weighted by Gasteiger charge is 2.20. The van der Waals surface area contributed by atoms with Crippen molar-refractivity contribution in [3.05, 3.63) is 0 Å². The first-order valence-corrected chi connectivity index (χ1v) is 6.47. The molecule has 1 amide bonds. The molecule has 1 fully saturated rings. The summed E-state index contributed by atoms with van der Waals surface area (Å²) in [6.07, 6.45) is 0.414. The van der Waals surface area contributed by atoms with Gasteiger partial charge in [-0.3, -0.25) is 14.5 Å². The zero-order chi connectivity index (χ0) is 13.8. The molecule has 0 radical (unpaired) electrons. The maximum atomic E-state index is 11.6. The van der Waals surface area contributed by atoms with Gasteiger partial charge in [-0.25, -0.2) is 0 Å². The molecule has 18 heavy (non-hydrogen) atoms. The van der Waals surface area contributed by atoms with Gasteiger partial charge >= 0.3 is 5.97 Å². The minimum Gasteiger partial charge on any atom is -0.460 e. The molecule has 104 valence electrons. The van der Waals surface area contributed by atoms with Gasteiger partial charge in [-0.2, -0.15) is 0 Å². The van der Waals surface area contributed by atoms with E-state index in [0.717, 1.165) is 26.2 Å². The topological polar surface area (TPSA) is 49.9 Å². The molecule has 0 aromatic heterocycles. The third kappa shape index (κ3) is 5.49. The Hall–Kier alpha value is -1.10. The number of nitrogens with zero attached hydrogens (tertiary/aromatic N) is 2. The van der Waals surface area contributed by atoms with Crippen LogP contribution in [-0.4, -0.2) is 60.0 Å². The molecule has 5 heteroatoms. The van der Waals surface area contributed by atoms with Gasteiger partial charge in [0.2, 0.25) is 5.91 Å². The van der Waals surface area contributed by atoms with Gasteiger partial charge in [0.1, 0.15) is 5.60 Å². The minimum atomic E-state index is -0.412. The number of rotatable bonds is 3. The first kappa shape index (κ1) is 15.0. The highest BCUT2D eigenvalue weighted by molar-refractivity contribution is 5.73. The molecule has 1 aliphatic rings. The van der Waals surface area contributed by atoms with Crippen LogP contribution in [0.5, 0.6) is 0 Å². The van der Waals surface area contributed by atoms with E-state index in [1.54, 1.807) is 6.92 Å². The van der Waals surface area contributed by atoms with Gasteiger partial charge in [0.05, 0.1) is 6.42 Å². The van der Waals surface area contributed by atoms with Crippen molar-refractivity contribution in [1.29, 1.82) is 0 Å². The summed E-state index contributed by atoms with van der Waals surface area (Å²) in [5.41, 5.74) is -0.412. The summed E-state index contributed by atoms with van der Waals surface area (Å²) in [5, 5.41) is 0. The van der Waals surface area contributed by atoms with Crippen LogP contribution in [0.25, 0.3) is 0 Å². The van der Waals surface area contributed by atoms with Crippen molar-refractivity contribution < 1.29 is 14.3 Å². The van der Waals surface area contributed by atoms with Crippen LogP contribution in [0.1, 0.15) is 34.1 Å². The summed E-state index contributed by atoms with van der Waals surface area (Å²) in [5.74, 6) is -0.0294. The number of esters is 1. The lowest BCUT2D eigenvalue weighted by molar-refractivity contribution is -0.155. The van der Waals surface area contributed by atoms with Crippen LogP contribution in [-0.2, 0) is 14.3 Å². The lowest BCUT2D eigenvalue weighted by Gasteiger charge is -2.34. The summed E-state index contributed by atoms with van der Waals surface area (Å²) in [4.78, 5) is 26.8. The van der Waals surface area contributed by atoms with Gasteiger partial charge < -0.3 is 9.64 Å². The van der Waals surface area contributed by atoms with Crippen LogP contribution in [0.15, 0.2) is 0 Å². The molecule has 0 saturated carbocycles. The summed E-state index contributed by atoms with van der Waals surface area (Å²) in [6, 6.07) is 0. The first-order chi connectivity index (χ1) is 8.28. The lowest BCUT2D eigenvalue weighted by Crippen LogP contribution is -2.48. The van der Waals surface area contributed by atoms with Crippen LogP contribution in [0, 0.1) is 0 Å². The normalized spacial score (nSPS) is 17.7. The highest BCUT2D eigenvalue weighted by atomic mass is 16.6. The smallest absolute Gasteiger partial charge is 0.307 e. The Kier molecular flexibility index (Phi) is 5.14. The van der Waals surface area contributed by atoms with Gasteiger partial charge in [-0.05, 0) is 20.8 Å². The van der Waals surface area contributed by atoms with Gasteiger partial charge in [0.25, 0.3) is 0 Å². The fourth-order valence-corrected chi connectivity index (χ4v) is 1.93. The molecule has 0 unspecified atom stereocenters. The Bertz CT molecular complexity index is 302. The number of carbonyl (C=O) groups is 2. The first-order valence-electron chi connectivity index (χ1n) is 6.47. The molecular weight excluding hydrogens is 232 g/mol. The third-order valence-corrected chi connectivity index (χ3v) is 2.87. The van der Waals surface area contributed by atoms with E-state index >= 15 is 0 Å². The van der Waals surface area contributed by atoms with Crippen molar-refractivity contribution in [3.63, 3.8) is 0 Å². The average molecular weight is 256 g/mol. The third-order valence-electron chi connectivity index (χ3n) is 2.87. The largest absolute Gasteiger partial charge is 0.460 e. The molecule has 1 rings (SSSR count). The fourth-order valence-electron chi connectivity index (χ4n) is 1.93. The van der Waals surface area contributed by atoms with E-state index in [-0.39, 0.29) is 11.9 Å². The number of amides is 1. The molecule has 0 aromatic carbocycles. The minimum absolute atomic E-state index is 0.127. The van der Waals surface area contributed by atoms with Crippen LogP contribution in [0.4, 0.5) is 0 Å². The summed E-state index contributed by atoms with van der Waals surface area (Å²) in [6.45, 7) is 11.1. The predicted molar refractivity (Wildman–Crippen MR) is 69.2 cm³/mol. The van der Waals surface area contributed by atoms with E-state index in [0.29, 0.717) is 13.0 Å². The molecular formula is C13H24N2O3. The average Bonchev–Trinajstić information content (AvgIpc) is 2.24. The molecule has 0 aliphatic carbocycles. The van der Waals surface area contributed by atoms with Gasteiger partial charge in [0, 0.05) is 39.6 Å². The van der Waals surface area contributed by atoms with Crippen molar-refractivity contribution in [2.24, 2.45) is 0 Å². The van der Waals surface area contributed by atoms with E-state index < -0.39 is 5.60 Å². The zero-order valence-electron chi connectivity index (χ0n) is 11.9. The maximum Gasteiger partial charge on any atom is 0.307 e. The second kappa shape index (κ2) is 6.18. The van der Waals surface area contributed by atoms with E-state index in [4.69, 9.17) is 4.74 Å². The van der Waals surface area contributed by atoms with Crippen molar-refractivity contribution in [2.45, 2.75) is 39.7 Å². The van der Waals surface area contributed by atoms with Crippen molar-refractivity contribution >= 4 is 11.9 Å². The standard InChI is InChI=1S/C13H24N2O3/c1-11(16)15-9-7-14(8-10-15)6-5-12(17)18-13(2,3)4/h5-10H2,1-4H3. The van der Waals surface area contributed by atoms with Crippen LogP contribution in [0.3, 0.4) is 0 Å². The van der Waals surface area contributed by atoms with E-state index in [2.05, 4.69) is 4.90 Å². The number of hydrogen-bond acceptors (Lipinski definition) is 4. The van der Waals surface area contributed by atoms with Crippen molar-refractivity contribution in [1.82, 2.24) is 9.80 Å². The molecule has 1 heterocycles. The van der Waals surface area contributed by atoms with Gasteiger partial charge in [-0.15, -0.1) is 0 Å². The molecule has 1 aliphatic heterocycles. The van der Waals surface area contributed by atoms with Crippen LogP contribution < -0.4 is 0 Å². The van der Waals surface area contributed by atoms with Crippen molar-refractivity contribution in [3.8, 4) is 0 Å². The second-order valence-electron chi connectivity index (χ2n) is 5.68. The number of ether oxygens (including phenoxy) is 1. The Labute approximate surface area is 109 Å². The SMILES string of the molecule is CC(=O)N1CCN(CCC(=O)OC(C)(C)C)CC1. The fraction of sp³-hybridized carbons (Fsp3) is 0.846. The summed E-state index contributed by atoms with van der Waals surface area (Å²) < 4.78 is 5.26. The van der Waals surface area contributed by atoms with Crippen LogP contribution >= 0.6 is 0 Å². The number of piperazine rings is 1. The van der Waals surface area contributed by atoms with Crippen LogP contribution in [0.2, 0.25) is 0 Å². The molecule has 0 aromatic rings. The Morgan fingerprint density at radius 2 is 1.67 bits per heavy atom. The van der Waals surface area contributed by atoms with Gasteiger partial charge in [0.15, 0.2) is 0 Å². The quantitative estimate of drug-likeness (QED) is 0.703. The highest BCUT2D eigenvalue weighted by Crippen LogP contribution is 2.09. The Balaban J connectivity index is 2.22. The van der Waals surface area contributed by atoms with E-state index in [1.165, 1.54) is 0 Å². The monoisotopic (exact) mass is 256 g/mol. The molecule has 0 bridgehead atoms. The number of hydrogen-bond donors (Lipinski definition) is 0. The number of carbonyl (C=O) groups excluding carboxylic acids is 2. The maximum absolute atomic E-state index is 11.6. The lowest BCUT2D eigenvalue weighted by atomic mass is 10.2. The van der Waals surface area contributed by atoms with Crippen molar-refractivity contribution in [2.75, 3.05) is 32.7 Å². The Morgan fingerprint density at radius 3 is 2.11 bits per heavy atom. The molecule has 0 atom stereocenters. The molecule has 0 spiro atoms. The zero-order valence-corrected chi connectivity index (χ0v) is 11.9. The summed E-state index contributed by atoms with van der Waals surface area (Å²) >= 11 is 0. The molecule has 0 N–H and O–H groups in total. The molecule has 5 nitrogen and oxygen atoms in total. The Morgan fingerprint density at radius 1 is 1.11 bits per heavy atom. The summed E-state index contributed by atoms with van der Waals surface area (Å²) in [7, 11) is 0. The predicted octanol–water partition coefficient (Wildman–Crippen LogP) is 0.882. The van der Waals surface area contributed by atoms with E-state index in [1.807, 2.05) is 25.7 Å². The van der Waals surface area contributed by atoms with E-state index in [9.17, 15) is 9.59 Å². The van der Waals surface area contributed by atoms with Gasteiger partial charge in [-0.1, -0.05) is 0 Å². The second-order valence-corrected chi connectivity index (χ2v) is 5.68.